The second-order valence-corrected chi connectivity index (χ2v) is 5.42. The molecule has 2 aromatic rings. The molecule has 0 unspecified atom stereocenters. The first-order valence-electron chi connectivity index (χ1n) is 6.95. The molecule has 1 aliphatic rings. The fraction of sp³-hybridized carbons (Fsp3) is 0.500. The van der Waals surface area contributed by atoms with E-state index in [-0.39, 0.29) is 12.5 Å². The van der Waals surface area contributed by atoms with E-state index in [1.54, 1.807) is 29.3 Å². The van der Waals surface area contributed by atoms with Gasteiger partial charge in [0, 0.05) is 12.4 Å². The number of hydrogen-bond acceptors (Lipinski definition) is 4. The van der Waals surface area contributed by atoms with E-state index in [1.807, 2.05) is 0 Å². The van der Waals surface area contributed by atoms with Crippen molar-refractivity contribution in [2.75, 3.05) is 6.61 Å². The first-order chi connectivity index (χ1) is 9.74. The van der Waals surface area contributed by atoms with Gasteiger partial charge in [-0.2, -0.15) is 5.10 Å². The number of aliphatic hydroxyl groups excluding tert-OH is 1. The highest BCUT2D eigenvalue weighted by Gasteiger charge is 2.33. The van der Waals surface area contributed by atoms with Crippen LogP contribution in [0.3, 0.4) is 0 Å². The highest BCUT2D eigenvalue weighted by molar-refractivity contribution is 6.00. The van der Waals surface area contributed by atoms with Crippen LogP contribution in [0.25, 0.3) is 5.52 Å². The largest absolute Gasteiger partial charge is 0.394 e. The lowest BCUT2D eigenvalue weighted by atomic mass is 9.82. The maximum Gasteiger partial charge on any atom is 0.255 e. The van der Waals surface area contributed by atoms with Gasteiger partial charge in [-0.3, -0.25) is 9.78 Å². The molecule has 0 spiro atoms. The summed E-state index contributed by atoms with van der Waals surface area (Å²) in [6.07, 6.45) is 11.4. The maximum absolute atomic E-state index is 12.4. The van der Waals surface area contributed by atoms with E-state index in [0.29, 0.717) is 11.1 Å². The summed E-state index contributed by atoms with van der Waals surface area (Å²) in [7, 11) is 0. The molecular formula is C14H18N4O2. The van der Waals surface area contributed by atoms with Crippen LogP contribution >= 0.6 is 0 Å². The maximum atomic E-state index is 12.4. The van der Waals surface area contributed by atoms with Gasteiger partial charge >= 0.3 is 0 Å². The van der Waals surface area contributed by atoms with Crippen molar-refractivity contribution in [1.29, 1.82) is 0 Å². The molecule has 2 aromatic heterocycles. The van der Waals surface area contributed by atoms with E-state index in [0.717, 1.165) is 32.1 Å². The molecule has 20 heavy (non-hydrogen) atoms. The Morgan fingerprint density at radius 1 is 1.35 bits per heavy atom. The van der Waals surface area contributed by atoms with Gasteiger partial charge in [-0.05, 0) is 12.8 Å². The average molecular weight is 274 g/mol. The second-order valence-electron chi connectivity index (χ2n) is 5.42. The molecule has 6 heteroatoms. The van der Waals surface area contributed by atoms with Crippen molar-refractivity contribution in [3.8, 4) is 0 Å². The predicted molar refractivity (Wildman–Crippen MR) is 73.4 cm³/mol. The van der Waals surface area contributed by atoms with Crippen LogP contribution in [0.15, 0.2) is 24.8 Å². The summed E-state index contributed by atoms with van der Waals surface area (Å²) in [6.45, 7) is -0.0177. The van der Waals surface area contributed by atoms with Crippen molar-refractivity contribution in [1.82, 2.24) is 19.9 Å². The van der Waals surface area contributed by atoms with Crippen LogP contribution in [0.1, 0.15) is 42.5 Å². The van der Waals surface area contributed by atoms with E-state index in [2.05, 4.69) is 15.4 Å². The van der Waals surface area contributed by atoms with Gasteiger partial charge in [-0.15, -0.1) is 0 Å². The molecule has 1 amide bonds. The number of aliphatic hydroxyl groups is 1. The third-order valence-corrected chi connectivity index (χ3v) is 4.06. The fourth-order valence-corrected chi connectivity index (χ4v) is 2.87. The smallest absolute Gasteiger partial charge is 0.255 e. The van der Waals surface area contributed by atoms with Crippen LogP contribution in [0.5, 0.6) is 0 Å². The minimum atomic E-state index is -0.480. The van der Waals surface area contributed by atoms with E-state index in [9.17, 15) is 9.90 Å². The third-order valence-electron chi connectivity index (χ3n) is 4.06. The van der Waals surface area contributed by atoms with Crippen LogP contribution in [-0.2, 0) is 0 Å². The summed E-state index contributed by atoms with van der Waals surface area (Å²) in [6, 6.07) is 0. The number of nitrogens with one attached hydrogen (secondary N) is 1. The predicted octanol–water partition coefficient (Wildman–Crippen LogP) is 1.15. The normalized spacial score (nSPS) is 18.1. The summed E-state index contributed by atoms with van der Waals surface area (Å²) >= 11 is 0. The van der Waals surface area contributed by atoms with Crippen LogP contribution in [0.4, 0.5) is 0 Å². The first-order valence-corrected chi connectivity index (χ1v) is 6.95. The van der Waals surface area contributed by atoms with Crippen molar-refractivity contribution in [3.05, 3.63) is 30.4 Å². The summed E-state index contributed by atoms with van der Waals surface area (Å²) in [5.74, 6) is -0.191. The lowest BCUT2D eigenvalue weighted by Gasteiger charge is -2.36. The molecule has 6 nitrogen and oxygen atoms in total. The standard InChI is InChI=1S/C14H18N4O2/c19-10-14(4-2-1-3-5-14)17-13(20)11-8-16-18-7-6-15-9-12(11)18/h6-9,19H,1-5,10H2,(H,17,20). The lowest BCUT2D eigenvalue weighted by Crippen LogP contribution is -2.52. The second kappa shape index (κ2) is 5.20. The summed E-state index contributed by atoms with van der Waals surface area (Å²) < 4.78 is 1.62. The molecule has 2 heterocycles. The van der Waals surface area contributed by atoms with Gasteiger partial charge in [0.15, 0.2) is 0 Å². The number of carbonyl (C=O) groups is 1. The molecule has 0 aromatic carbocycles. The molecule has 2 N–H and O–H groups in total. The zero-order valence-electron chi connectivity index (χ0n) is 11.2. The highest BCUT2D eigenvalue weighted by Crippen LogP contribution is 2.28. The van der Waals surface area contributed by atoms with Crippen molar-refractivity contribution in [2.24, 2.45) is 0 Å². The topological polar surface area (TPSA) is 79.5 Å². The molecule has 0 atom stereocenters. The Morgan fingerprint density at radius 2 is 2.15 bits per heavy atom. The molecule has 0 saturated heterocycles. The number of hydrogen-bond donors (Lipinski definition) is 2. The molecule has 1 aliphatic carbocycles. The minimum absolute atomic E-state index is 0.0177. The lowest BCUT2D eigenvalue weighted by molar-refractivity contribution is 0.0760. The van der Waals surface area contributed by atoms with E-state index < -0.39 is 5.54 Å². The van der Waals surface area contributed by atoms with Gasteiger partial charge < -0.3 is 10.4 Å². The zero-order chi connectivity index (χ0) is 14.0. The minimum Gasteiger partial charge on any atom is -0.394 e. The number of nitrogens with zero attached hydrogens (tertiary/aromatic N) is 3. The molecule has 3 rings (SSSR count). The average Bonchev–Trinajstić information content (AvgIpc) is 2.92. The number of amides is 1. The van der Waals surface area contributed by atoms with Gasteiger partial charge in [0.25, 0.3) is 5.91 Å². The summed E-state index contributed by atoms with van der Waals surface area (Å²) in [5.41, 5.74) is 0.691. The van der Waals surface area contributed by atoms with Crippen LogP contribution in [0, 0.1) is 0 Å². The first kappa shape index (κ1) is 13.1. The van der Waals surface area contributed by atoms with Crippen molar-refractivity contribution >= 4 is 11.4 Å². The Morgan fingerprint density at radius 3 is 2.90 bits per heavy atom. The van der Waals surface area contributed by atoms with E-state index in [4.69, 9.17) is 0 Å². The SMILES string of the molecule is O=C(NC1(CO)CCCCC1)c1cnn2ccncc12. The monoisotopic (exact) mass is 274 g/mol. The fourth-order valence-electron chi connectivity index (χ4n) is 2.87. The Labute approximate surface area is 116 Å². The molecule has 0 radical (unpaired) electrons. The van der Waals surface area contributed by atoms with Crippen LogP contribution < -0.4 is 5.32 Å². The Kier molecular flexibility index (Phi) is 3.40. The van der Waals surface area contributed by atoms with E-state index in [1.165, 1.54) is 0 Å². The zero-order valence-corrected chi connectivity index (χ0v) is 11.2. The Balaban J connectivity index is 1.85. The van der Waals surface area contributed by atoms with Gasteiger partial charge in [-0.25, -0.2) is 4.52 Å². The Hall–Kier alpha value is -1.95. The van der Waals surface area contributed by atoms with Gasteiger partial charge in [-0.1, -0.05) is 19.3 Å². The number of fused-ring (bicyclic) bond motifs is 1. The summed E-state index contributed by atoms with van der Waals surface area (Å²) in [5, 5.41) is 16.8. The van der Waals surface area contributed by atoms with Crippen molar-refractivity contribution in [3.63, 3.8) is 0 Å². The molecule has 0 aliphatic heterocycles. The quantitative estimate of drug-likeness (QED) is 0.880. The number of aromatic nitrogens is 3. The number of rotatable bonds is 3. The van der Waals surface area contributed by atoms with Gasteiger partial charge in [0.1, 0.15) is 0 Å². The van der Waals surface area contributed by atoms with Crippen LogP contribution in [0.2, 0.25) is 0 Å². The van der Waals surface area contributed by atoms with Gasteiger partial charge in [0.2, 0.25) is 0 Å². The van der Waals surface area contributed by atoms with Gasteiger partial charge in [0.05, 0.1) is 35.6 Å². The number of carbonyl (C=O) groups excluding carboxylic acids is 1. The molecule has 0 bridgehead atoms. The van der Waals surface area contributed by atoms with Crippen molar-refractivity contribution < 1.29 is 9.90 Å². The molecular weight excluding hydrogens is 256 g/mol. The molecule has 1 saturated carbocycles. The van der Waals surface area contributed by atoms with Crippen molar-refractivity contribution in [2.45, 2.75) is 37.6 Å². The van der Waals surface area contributed by atoms with E-state index >= 15 is 0 Å². The highest BCUT2D eigenvalue weighted by atomic mass is 16.3. The Bertz CT molecular complexity index is 616. The summed E-state index contributed by atoms with van der Waals surface area (Å²) in [4.78, 5) is 16.5. The molecule has 106 valence electrons. The third kappa shape index (κ3) is 2.27. The molecule has 1 fully saturated rings. The van der Waals surface area contributed by atoms with Crippen LogP contribution in [-0.4, -0.2) is 37.8 Å².